The van der Waals surface area contributed by atoms with Crippen LogP contribution >= 0.6 is 0 Å². The highest BCUT2D eigenvalue weighted by Crippen LogP contribution is 1.81. The second-order valence-corrected chi connectivity index (χ2v) is 1.06. The summed E-state index contributed by atoms with van der Waals surface area (Å²) in [6, 6.07) is 0. The van der Waals surface area contributed by atoms with Gasteiger partial charge in [-0.25, -0.2) is 14.7 Å². The van der Waals surface area contributed by atoms with Gasteiger partial charge in [-0.15, -0.1) is 0 Å². The molecule has 5 nitrogen and oxygen atoms in total. The van der Waals surface area contributed by atoms with Crippen LogP contribution in [0, 0.1) is 0 Å². The first kappa shape index (κ1) is 6.90. The minimum Gasteiger partial charge on any atom is -0.479 e. The molecular formula is C3H3O5. The second-order valence-electron chi connectivity index (χ2n) is 1.06. The van der Waals surface area contributed by atoms with Crippen LogP contribution in [-0.4, -0.2) is 28.3 Å². The van der Waals surface area contributed by atoms with E-state index in [-0.39, 0.29) is 0 Å². The van der Waals surface area contributed by atoms with Gasteiger partial charge in [0.2, 0.25) is 0 Å². The maximum absolute atomic E-state index is 9.73. The lowest BCUT2D eigenvalue weighted by Crippen LogP contribution is -2.27. The number of rotatable bonds is 2. The molecule has 0 aromatic rings. The van der Waals surface area contributed by atoms with E-state index in [0.717, 1.165) is 0 Å². The highest BCUT2D eigenvalue weighted by atomic mass is 16.4. The van der Waals surface area contributed by atoms with Crippen molar-refractivity contribution in [3.8, 4) is 0 Å². The largest absolute Gasteiger partial charge is 0.479 e. The zero-order valence-electron chi connectivity index (χ0n) is 3.70. The van der Waals surface area contributed by atoms with Crippen molar-refractivity contribution in [1.82, 2.24) is 0 Å². The normalized spacial score (nSPS) is 9.25. The Balaban J connectivity index is 3.83. The molecule has 0 fully saturated rings. The van der Waals surface area contributed by atoms with E-state index >= 15 is 0 Å². The predicted molar refractivity (Wildman–Crippen MR) is 19.7 cm³/mol. The van der Waals surface area contributed by atoms with Crippen LogP contribution < -0.4 is 0 Å². The molecule has 0 atom stereocenters. The second kappa shape index (κ2) is 2.27. The molecule has 0 aliphatic rings. The van der Waals surface area contributed by atoms with Gasteiger partial charge in [0.05, 0.1) is 0 Å². The van der Waals surface area contributed by atoms with E-state index in [1.54, 1.807) is 0 Å². The third kappa shape index (κ3) is 1.57. The van der Waals surface area contributed by atoms with Crippen LogP contribution in [0.15, 0.2) is 0 Å². The molecule has 0 bridgehead atoms. The number of aliphatic carboxylic acids is 2. The van der Waals surface area contributed by atoms with Crippen LogP contribution in [0.2, 0.25) is 0 Å². The van der Waals surface area contributed by atoms with Crippen LogP contribution in [0.1, 0.15) is 0 Å². The summed E-state index contributed by atoms with van der Waals surface area (Å²) < 4.78 is 0. The van der Waals surface area contributed by atoms with Crippen LogP contribution in [0.4, 0.5) is 0 Å². The van der Waals surface area contributed by atoms with Crippen molar-refractivity contribution in [3.63, 3.8) is 0 Å². The summed E-state index contributed by atoms with van der Waals surface area (Å²) in [4.78, 5) is 18.9. The van der Waals surface area contributed by atoms with Crippen molar-refractivity contribution >= 4 is 11.9 Å². The Morgan fingerprint density at radius 3 is 1.38 bits per heavy atom. The van der Waals surface area contributed by atoms with Gasteiger partial charge in [-0.2, -0.15) is 0 Å². The van der Waals surface area contributed by atoms with Crippen LogP contribution in [0.5, 0.6) is 0 Å². The third-order valence-corrected chi connectivity index (χ3v) is 0.449. The molecular weight excluding hydrogens is 116 g/mol. The lowest BCUT2D eigenvalue weighted by atomic mass is 10.4. The molecule has 0 saturated carbocycles. The summed E-state index contributed by atoms with van der Waals surface area (Å²) in [5.74, 6) is -3.73. The van der Waals surface area contributed by atoms with Crippen molar-refractivity contribution in [1.29, 1.82) is 0 Å². The van der Waals surface area contributed by atoms with Crippen LogP contribution in [0.25, 0.3) is 0 Å². The number of carboxylic acid groups (broad SMARTS) is 2. The molecule has 0 heterocycles. The van der Waals surface area contributed by atoms with Gasteiger partial charge in [-0.3, -0.25) is 0 Å². The standard InChI is InChI=1S/C3H3O5/c4-1(2(5)6)3(7)8/h1H,(H,5,6)(H,7,8). The number of carboxylic acids is 2. The lowest BCUT2D eigenvalue weighted by Gasteiger charge is -1.90. The van der Waals surface area contributed by atoms with Gasteiger partial charge in [0.15, 0.2) is 0 Å². The Kier molecular flexibility index (Phi) is 1.96. The van der Waals surface area contributed by atoms with Crippen molar-refractivity contribution in [2.24, 2.45) is 0 Å². The summed E-state index contributed by atoms with van der Waals surface area (Å²) in [5.41, 5.74) is 0. The quantitative estimate of drug-likeness (QED) is 0.453. The van der Waals surface area contributed by atoms with Crippen LogP contribution in [0.3, 0.4) is 0 Å². The Hall–Kier alpha value is -1.10. The monoisotopic (exact) mass is 119 g/mol. The van der Waals surface area contributed by atoms with Gasteiger partial charge < -0.3 is 10.2 Å². The van der Waals surface area contributed by atoms with Gasteiger partial charge in [-0.1, -0.05) is 0 Å². The van der Waals surface area contributed by atoms with Crippen molar-refractivity contribution < 1.29 is 24.9 Å². The smallest absolute Gasteiger partial charge is 0.348 e. The molecule has 8 heavy (non-hydrogen) atoms. The maximum atomic E-state index is 9.73. The van der Waals surface area contributed by atoms with E-state index in [4.69, 9.17) is 10.2 Å². The fourth-order valence-electron chi connectivity index (χ4n) is 0.106. The molecule has 0 unspecified atom stereocenters. The highest BCUT2D eigenvalue weighted by molar-refractivity contribution is 5.95. The summed E-state index contributed by atoms with van der Waals surface area (Å²) in [7, 11) is 0. The average molecular weight is 119 g/mol. The summed E-state index contributed by atoms with van der Waals surface area (Å²) >= 11 is 0. The SMILES string of the molecule is [O]C(C(=O)O)C(=O)O. The highest BCUT2D eigenvalue weighted by Gasteiger charge is 2.23. The van der Waals surface area contributed by atoms with Gasteiger partial charge in [-0.05, 0) is 0 Å². The van der Waals surface area contributed by atoms with Crippen LogP contribution in [-0.2, 0) is 14.7 Å². The first-order chi connectivity index (χ1) is 3.55. The number of hydrogen-bond acceptors (Lipinski definition) is 2. The molecule has 1 radical (unpaired) electrons. The van der Waals surface area contributed by atoms with E-state index in [9.17, 15) is 14.7 Å². The summed E-state index contributed by atoms with van der Waals surface area (Å²) in [5, 5.41) is 25.0. The Morgan fingerprint density at radius 2 is 1.38 bits per heavy atom. The lowest BCUT2D eigenvalue weighted by molar-refractivity contribution is -0.165. The van der Waals surface area contributed by atoms with E-state index in [0.29, 0.717) is 0 Å². The summed E-state index contributed by atoms with van der Waals surface area (Å²) in [6.45, 7) is 0. The predicted octanol–water partition coefficient (Wildman–Crippen LogP) is -1.05. The molecule has 0 aliphatic heterocycles. The molecule has 0 aromatic heterocycles. The Labute approximate surface area is 44.2 Å². The Bertz CT molecular complexity index is 103. The molecule has 2 N–H and O–H groups in total. The number of hydrogen-bond donors (Lipinski definition) is 2. The van der Waals surface area contributed by atoms with Crippen molar-refractivity contribution in [3.05, 3.63) is 0 Å². The van der Waals surface area contributed by atoms with E-state index in [2.05, 4.69) is 0 Å². The van der Waals surface area contributed by atoms with Crippen molar-refractivity contribution in [2.45, 2.75) is 6.10 Å². The summed E-state index contributed by atoms with van der Waals surface area (Å²) in [6.07, 6.45) is -2.55. The van der Waals surface area contributed by atoms with Gasteiger partial charge in [0, 0.05) is 0 Å². The maximum Gasteiger partial charge on any atom is 0.348 e. The first-order valence-corrected chi connectivity index (χ1v) is 1.67. The van der Waals surface area contributed by atoms with Crippen molar-refractivity contribution in [2.75, 3.05) is 0 Å². The average Bonchev–Trinajstić information content (AvgIpc) is 1.64. The fraction of sp³-hybridized carbons (Fsp3) is 0.333. The molecule has 45 valence electrons. The number of carbonyl (C=O) groups is 2. The minimum atomic E-state index is -2.55. The van der Waals surface area contributed by atoms with E-state index < -0.39 is 18.0 Å². The molecule has 0 spiro atoms. The third-order valence-electron chi connectivity index (χ3n) is 0.449. The Morgan fingerprint density at radius 1 is 1.12 bits per heavy atom. The topological polar surface area (TPSA) is 94.5 Å². The minimum absolute atomic E-state index is 1.86. The van der Waals surface area contributed by atoms with Gasteiger partial charge >= 0.3 is 11.9 Å². The zero-order valence-corrected chi connectivity index (χ0v) is 3.70. The van der Waals surface area contributed by atoms with E-state index in [1.807, 2.05) is 0 Å². The van der Waals surface area contributed by atoms with Gasteiger partial charge in [0.25, 0.3) is 6.10 Å². The molecule has 0 saturated heterocycles. The molecule has 0 aromatic carbocycles. The molecule has 5 heteroatoms. The fourth-order valence-corrected chi connectivity index (χ4v) is 0.106. The van der Waals surface area contributed by atoms with Gasteiger partial charge in [0.1, 0.15) is 0 Å². The molecule has 0 rings (SSSR count). The first-order valence-electron chi connectivity index (χ1n) is 1.67. The molecule has 0 aliphatic carbocycles. The molecule has 0 amide bonds. The zero-order chi connectivity index (χ0) is 6.73. The van der Waals surface area contributed by atoms with E-state index in [1.165, 1.54) is 0 Å².